The van der Waals surface area contributed by atoms with Crippen LogP contribution in [0.1, 0.15) is 5.56 Å². The van der Waals surface area contributed by atoms with E-state index in [1.54, 1.807) is 0 Å². The normalized spacial score (nSPS) is 11.6. The third-order valence-electron chi connectivity index (χ3n) is 1.47. The Morgan fingerprint density at radius 3 is 2.58 bits per heavy atom. The summed E-state index contributed by atoms with van der Waals surface area (Å²) in [7, 11) is 0. The van der Waals surface area contributed by atoms with E-state index in [4.69, 9.17) is 10.8 Å². The molecule has 1 rings (SSSR count). The van der Waals surface area contributed by atoms with Crippen LogP contribution in [0.15, 0.2) is 35.3 Å². The fourth-order valence-electron chi connectivity index (χ4n) is 0.826. The van der Waals surface area contributed by atoms with Crippen LogP contribution in [0.4, 0.5) is 0 Å². The van der Waals surface area contributed by atoms with Crippen molar-refractivity contribution in [3.63, 3.8) is 0 Å². The van der Waals surface area contributed by atoms with E-state index in [1.165, 1.54) is 0 Å². The molecule has 3 nitrogen and oxygen atoms in total. The summed E-state index contributed by atoms with van der Waals surface area (Å²) in [5.74, 6) is 0.277. The molecule has 0 aliphatic carbocycles. The Labute approximate surface area is 71.6 Å². The highest BCUT2D eigenvalue weighted by Crippen LogP contribution is 1.99. The van der Waals surface area contributed by atoms with Crippen molar-refractivity contribution in [2.24, 2.45) is 10.7 Å². The Morgan fingerprint density at radius 1 is 1.33 bits per heavy atom. The Bertz CT molecular complexity index is 256. The fourth-order valence-corrected chi connectivity index (χ4v) is 0.826. The van der Waals surface area contributed by atoms with E-state index in [0.717, 1.165) is 5.56 Å². The van der Waals surface area contributed by atoms with Gasteiger partial charge in [-0.1, -0.05) is 30.3 Å². The summed E-state index contributed by atoms with van der Waals surface area (Å²) in [5, 5.41) is 8.56. The molecule has 64 valence electrons. The molecule has 0 aliphatic rings. The molecule has 0 atom stereocenters. The Kier molecular flexibility index (Phi) is 3.29. The summed E-state index contributed by atoms with van der Waals surface area (Å²) >= 11 is 0. The molecule has 3 heteroatoms. The van der Waals surface area contributed by atoms with Gasteiger partial charge in [0.2, 0.25) is 0 Å². The molecule has 0 saturated heterocycles. The lowest BCUT2D eigenvalue weighted by Gasteiger charge is -1.96. The molecule has 0 aliphatic heterocycles. The van der Waals surface area contributed by atoms with Crippen LogP contribution < -0.4 is 5.73 Å². The average molecular weight is 164 g/mol. The lowest BCUT2D eigenvalue weighted by molar-refractivity contribution is 0.355. The molecule has 0 aromatic heterocycles. The first-order valence-electron chi connectivity index (χ1n) is 3.76. The number of aliphatic imine (C=N–C) groups is 1. The van der Waals surface area contributed by atoms with Crippen molar-refractivity contribution in [2.75, 3.05) is 6.61 Å². The Balaban J connectivity index is 2.54. The SMILES string of the molecule is NC(CO)=NCc1ccccc1. The van der Waals surface area contributed by atoms with Gasteiger partial charge < -0.3 is 10.8 Å². The number of nitrogens with two attached hydrogens (primary N) is 1. The van der Waals surface area contributed by atoms with E-state index in [2.05, 4.69) is 4.99 Å². The lowest BCUT2D eigenvalue weighted by Crippen LogP contribution is -2.16. The smallest absolute Gasteiger partial charge is 0.120 e. The summed E-state index contributed by atoms with van der Waals surface area (Å²) < 4.78 is 0. The Morgan fingerprint density at radius 2 is 2.00 bits per heavy atom. The second kappa shape index (κ2) is 4.51. The van der Waals surface area contributed by atoms with Gasteiger partial charge in [-0.05, 0) is 5.56 Å². The minimum absolute atomic E-state index is 0.174. The molecule has 0 amide bonds. The van der Waals surface area contributed by atoms with Crippen LogP contribution in [0.3, 0.4) is 0 Å². The topological polar surface area (TPSA) is 58.6 Å². The maximum Gasteiger partial charge on any atom is 0.120 e. The van der Waals surface area contributed by atoms with Gasteiger partial charge in [0.25, 0.3) is 0 Å². The summed E-state index contributed by atoms with van der Waals surface area (Å²) in [6.07, 6.45) is 0. The van der Waals surface area contributed by atoms with Crippen LogP contribution in [0.5, 0.6) is 0 Å². The molecule has 0 saturated carbocycles. The third kappa shape index (κ3) is 2.72. The first-order chi connectivity index (χ1) is 5.83. The van der Waals surface area contributed by atoms with E-state index in [9.17, 15) is 0 Å². The number of hydrogen-bond acceptors (Lipinski definition) is 2. The van der Waals surface area contributed by atoms with Crippen molar-refractivity contribution in [1.82, 2.24) is 0 Å². The lowest BCUT2D eigenvalue weighted by atomic mass is 10.2. The standard InChI is InChI=1S/C9H12N2O/c10-9(7-12)11-6-8-4-2-1-3-5-8/h1-5,12H,6-7H2,(H2,10,11). The van der Waals surface area contributed by atoms with Crippen molar-refractivity contribution in [2.45, 2.75) is 6.54 Å². The number of amidine groups is 1. The molecule has 0 heterocycles. The molecule has 12 heavy (non-hydrogen) atoms. The van der Waals surface area contributed by atoms with Crippen LogP contribution in [0.25, 0.3) is 0 Å². The van der Waals surface area contributed by atoms with Gasteiger partial charge in [0, 0.05) is 0 Å². The van der Waals surface area contributed by atoms with Gasteiger partial charge in [-0.2, -0.15) is 0 Å². The zero-order valence-electron chi connectivity index (χ0n) is 6.77. The molecule has 0 unspecified atom stereocenters. The number of rotatable bonds is 3. The highest BCUT2D eigenvalue weighted by Gasteiger charge is 1.89. The van der Waals surface area contributed by atoms with Crippen LogP contribution in [0.2, 0.25) is 0 Å². The maximum absolute atomic E-state index is 8.56. The van der Waals surface area contributed by atoms with Gasteiger partial charge in [-0.3, -0.25) is 4.99 Å². The average Bonchev–Trinajstić information content (AvgIpc) is 2.16. The maximum atomic E-state index is 8.56. The van der Waals surface area contributed by atoms with Crippen LogP contribution in [-0.4, -0.2) is 17.5 Å². The van der Waals surface area contributed by atoms with Gasteiger partial charge in [-0.25, -0.2) is 0 Å². The predicted octanol–water partition coefficient (Wildman–Crippen LogP) is 0.536. The van der Waals surface area contributed by atoms with E-state index in [-0.39, 0.29) is 12.4 Å². The number of aliphatic hydroxyl groups is 1. The zero-order valence-corrected chi connectivity index (χ0v) is 6.77. The molecule has 0 fully saturated rings. The summed E-state index contributed by atoms with van der Waals surface area (Å²) in [6, 6.07) is 9.77. The zero-order chi connectivity index (χ0) is 8.81. The van der Waals surface area contributed by atoms with Crippen molar-refractivity contribution < 1.29 is 5.11 Å². The number of benzene rings is 1. The molecule has 0 radical (unpaired) electrons. The van der Waals surface area contributed by atoms with Gasteiger partial charge >= 0.3 is 0 Å². The highest BCUT2D eigenvalue weighted by atomic mass is 16.3. The van der Waals surface area contributed by atoms with E-state index in [1.807, 2.05) is 30.3 Å². The molecular weight excluding hydrogens is 152 g/mol. The fraction of sp³-hybridized carbons (Fsp3) is 0.222. The second-order valence-corrected chi connectivity index (χ2v) is 2.45. The highest BCUT2D eigenvalue weighted by molar-refractivity contribution is 5.81. The quantitative estimate of drug-likeness (QED) is 0.506. The summed E-state index contributed by atoms with van der Waals surface area (Å²) in [5.41, 5.74) is 6.41. The van der Waals surface area contributed by atoms with Gasteiger partial charge in [0.1, 0.15) is 12.4 Å². The minimum atomic E-state index is -0.174. The molecular formula is C9H12N2O. The Hall–Kier alpha value is -1.35. The molecule has 1 aromatic rings. The first kappa shape index (κ1) is 8.74. The van der Waals surface area contributed by atoms with Gasteiger partial charge in [-0.15, -0.1) is 0 Å². The van der Waals surface area contributed by atoms with Crippen molar-refractivity contribution >= 4 is 5.84 Å². The van der Waals surface area contributed by atoms with Gasteiger partial charge in [0.15, 0.2) is 0 Å². The third-order valence-corrected chi connectivity index (χ3v) is 1.47. The first-order valence-corrected chi connectivity index (χ1v) is 3.76. The van der Waals surface area contributed by atoms with Crippen molar-refractivity contribution in [3.05, 3.63) is 35.9 Å². The van der Waals surface area contributed by atoms with Crippen LogP contribution in [0, 0.1) is 0 Å². The molecule has 0 bridgehead atoms. The molecule has 1 aromatic carbocycles. The van der Waals surface area contributed by atoms with Crippen molar-refractivity contribution in [1.29, 1.82) is 0 Å². The largest absolute Gasteiger partial charge is 0.388 e. The summed E-state index contributed by atoms with van der Waals surface area (Å²) in [6.45, 7) is 0.361. The summed E-state index contributed by atoms with van der Waals surface area (Å²) in [4.78, 5) is 3.96. The van der Waals surface area contributed by atoms with Crippen molar-refractivity contribution in [3.8, 4) is 0 Å². The van der Waals surface area contributed by atoms with Crippen LogP contribution >= 0.6 is 0 Å². The molecule has 0 spiro atoms. The predicted molar refractivity (Wildman–Crippen MR) is 48.9 cm³/mol. The number of aliphatic hydroxyl groups excluding tert-OH is 1. The second-order valence-electron chi connectivity index (χ2n) is 2.45. The number of nitrogens with zero attached hydrogens (tertiary/aromatic N) is 1. The number of hydrogen-bond donors (Lipinski definition) is 2. The van der Waals surface area contributed by atoms with E-state index >= 15 is 0 Å². The van der Waals surface area contributed by atoms with Gasteiger partial charge in [0.05, 0.1) is 6.54 Å². The monoisotopic (exact) mass is 164 g/mol. The van der Waals surface area contributed by atoms with Crippen LogP contribution in [-0.2, 0) is 6.54 Å². The van der Waals surface area contributed by atoms with E-state index < -0.39 is 0 Å². The van der Waals surface area contributed by atoms with E-state index in [0.29, 0.717) is 6.54 Å². The minimum Gasteiger partial charge on any atom is -0.388 e. The molecule has 3 N–H and O–H groups in total.